The number of piperidine rings is 1. The van der Waals surface area contributed by atoms with Gasteiger partial charge < -0.3 is 4.90 Å². The second-order valence-corrected chi connectivity index (χ2v) is 10.4. The standard InChI is InChI=1S/C26H29N3OS/c1-18-7-6-10-21(27-18)11-12-22-17-26(13-14-26)15-16-29(22)25(30)23-24(31-19(2)28-23)20-8-4-3-5-9-20/h3-10,22H,11-17H2,1-2H3. The fourth-order valence-corrected chi connectivity index (χ4v) is 5.87. The van der Waals surface area contributed by atoms with Crippen LogP contribution in [0.4, 0.5) is 0 Å². The molecule has 3 heterocycles. The fraction of sp³-hybridized carbons (Fsp3) is 0.423. The molecule has 1 aliphatic carbocycles. The quantitative estimate of drug-likeness (QED) is 0.510. The van der Waals surface area contributed by atoms with E-state index >= 15 is 0 Å². The van der Waals surface area contributed by atoms with Gasteiger partial charge in [-0.15, -0.1) is 11.3 Å². The first-order chi connectivity index (χ1) is 15.0. The lowest BCUT2D eigenvalue weighted by Gasteiger charge is -2.40. The number of carbonyl (C=O) groups is 1. The van der Waals surface area contributed by atoms with Crippen LogP contribution in [-0.2, 0) is 6.42 Å². The number of hydrogen-bond acceptors (Lipinski definition) is 4. The van der Waals surface area contributed by atoms with Crippen LogP contribution in [0, 0.1) is 19.3 Å². The molecule has 2 aliphatic rings. The first-order valence-corrected chi connectivity index (χ1v) is 12.1. The van der Waals surface area contributed by atoms with Gasteiger partial charge in [0.15, 0.2) is 0 Å². The molecule has 2 fully saturated rings. The van der Waals surface area contributed by atoms with Crippen LogP contribution in [0.1, 0.15) is 59.0 Å². The fourth-order valence-electron chi connectivity index (χ4n) is 4.95. The maximum Gasteiger partial charge on any atom is 0.274 e. The lowest BCUT2D eigenvalue weighted by atomic mass is 9.85. The number of amides is 1. The smallest absolute Gasteiger partial charge is 0.274 e. The van der Waals surface area contributed by atoms with Crippen molar-refractivity contribution in [3.63, 3.8) is 0 Å². The number of thiazole rings is 1. The largest absolute Gasteiger partial charge is 0.334 e. The summed E-state index contributed by atoms with van der Waals surface area (Å²) in [5.74, 6) is 0.0981. The Labute approximate surface area is 188 Å². The topological polar surface area (TPSA) is 46.1 Å². The molecule has 1 unspecified atom stereocenters. The van der Waals surface area contributed by atoms with Crippen molar-refractivity contribution in [2.24, 2.45) is 5.41 Å². The van der Waals surface area contributed by atoms with Gasteiger partial charge in [-0.25, -0.2) is 4.98 Å². The minimum absolute atomic E-state index is 0.0981. The zero-order valence-electron chi connectivity index (χ0n) is 18.3. The van der Waals surface area contributed by atoms with E-state index in [1.807, 2.05) is 38.1 Å². The summed E-state index contributed by atoms with van der Waals surface area (Å²) in [7, 11) is 0. The third-order valence-corrected chi connectivity index (χ3v) is 7.88. The molecule has 31 heavy (non-hydrogen) atoms. The number of carbonyl (C=O) groups excluding carboxylic acids is 1. The van der Waals surface area contributed by atoms with Crippen LogP contribution >= 0.6 is 11.3 Å². The molecule has 1 spiro atoms. The van der Waals surface area contributed by atoms with E-state index in [4.69, 9.17) is 4.98 Å². The molecule has 2 aromatic heterocycles. The average molecular weight is 432 g/mol. The molecular weight excluding hydrogens is 402 g/mol. The summed E-state index contributed by atoms with van der Waals surface area (Å²) in [4.78, 5) is 26.3. The van der Waals surface area contributed by atoms with Crippen LogP contribution in [0.25, 0.3) is 10.4 Å². The highest BCUT2D eigenvalue weighted by molar-refractivity contribution is 7.15. The molecule has 160 valence electrons. The molecular formula is C26H29N3OS. The molecule has 0 bridgehead atoms. The number of likely N-dealkylation sites (tertiary alicyclic amines) is 1. The van der Waals surface area contributed by atoms with Crippen LogP contribution < -0.4 is 0 Å². The molecule has 4 nitrogen and oxygen atoms in total. The van der Waals surface area contributed by atoms with Crippen molar-refractivity contribution in [2.75, 3.05) is 6.54 Å². The minimum Gasteiger partial charge on any atom is -0.334 e. The van der Waals surface area contributed by atoms with Crippen LogP contribution in [-0.4, -0.2) is 33.4 Å². The number of aromatic nitrogens is 2. The Kier molecular flexibility index (Phi) is 5.39. The third-order valence-electron chi connectivity index (χ3n) is 6.86. The molecule has 5 heteroatoms. The summed E-state index contributed by atoms with van der Waals surface area (Å²) in [6.07, 6.45) is 6.76. The zero-order valence-corrected chi connectivity index (χ0v) is 19.1. The van der Waals surface area contributed by atoms with E-state index in [1.165, 1.54) is 12.8 Å². The summed E-state index contributed by atoms with van der Waals surface area (Å²) in [5, 5.41) is 0.943. The molecule has 1 aliphatic heterocycles. The van der Waals surface area contributed by atoms with E-state index < -0.39 is 0 Å². The maximum atomic E-state index is 13.8. The molecule has 1 saturated heterocycles. The summed E-state index contributed by atoms with van der Waals surface area (Å²) >= 11 is 1.62. The van der Waals surface area contributed by atoms with Crippen LogP contribution in [0.3, 0.4) is 0 Å². The molecule has 1 atom stereocenters. The second-order valence-electron chi connectivity index (χ2n) is 9.19. The molecule has 3 aromatic rings. The number of rotatable bonds is 5. The zero-order chi connectivity index (χ0) is 21.4. The highest BCUT2D eigenvalue weighted by atomic mass is 32.1. The van der Waals surface area contributed by atoms with Gasteiger partial charge in [-0.05, 0) is 75.5 Å². The Hall–Kier alpha value is -2.53. The predicted octanol–water partition coefficient (Wildman–Crippen LogP) is 5.84. The Morgan fingerprint density at radius 1 is 1.06 bits per heavy atom. The van der Waals surface area contributed by atoms with Gasteiger partial charge in [-0.3, -0.25) is 9.78 Å². The van der Waals surface area contributed by atoms with Gasteiger partial charge in [0.25, 0.3) is 5.91 Å². The first kappa shape index (κ1) is 20.4. The van der Waals surface area contributed by atoms with Crippen LogP contribution in [0.2, 0.25) is 0 Å². The average Bonchev–Trinajstić information content (AvgIpc) is 3.41. The third kappa shape index (κ3) is 4.29. The van der Waals surface area contributed by atoms with Gasteiger partial charge in [-0.1, -0.05) is 36.4 Å². The molecule has 0 radical (unpaired) electrons. The molecule has 1 aromatic carbocycles. The maximum absolute atomic E-state index is 13.8. The van der Waals surface area contributed by atoms with Crippen LogP contribution in [0.5, 0.6) is 0 Å². The van der Waals surface area contributed by atoms with Gasteiger partial charge in [-0.2, -0.15) is 0 Å². The highest BCUT2D eigenvalue weighted by Crippen LogP contribution is 2.55. The van der Waals surface area contributed by atoms with E-state index in [0.717, 1.165) is 59.1 Å². The monoisotopic (exact) mass is 431 g/mol. The number of nitrogens with zero attached hydrogens (tertiary/aromatic N) is 3. The van der Waals surface area contributed by atoms with Crippen molar-refractivity contribution in [1.82, 2.24) is 14.9 Å². The van der Waals surface area contributed by atoms with Crippen molar-refractivity contribution in [3.8, 4) is 10.4 Å². The minimum atomic E-state index is 0.0981. The van der Waals surface area contributed by atoms with E-state index in [9.17, 15) is 4.79 Å². The van der Waals surface area contributed by atoms with E-state index in [1.54, 1.807) is 11.3 Å². The lowest BCUT2D eigenvalue weighted by Crippen LogP contribution is -2.47. The van der Waals surface area contributed by atoms with Crippen molar-refractivity contribution >= 4 is 17.2 Å². The summed E-state index contributed by atoms with van der Waals surface area (Å²) in [5.41, 5.74) is 4.36. The number of pyridine rings is 1. The van der Waals surface area contributed by atoms with E-state index in [0.29, 0.717) is 11.1 Å². The van der Waals surface area contributed by atoms with Gasteiger partial charge in [0.2, 0.25) is 0 Å². The van der Waals surface area contributed by atoms with E-state index in [2.05, 4.69) is 34.1 Å². The van der Waals surface area contributed by atoms with Crippen molar-refractivity contribution < 1.29 is 4.79 Å². The second kappa shape index (κ2) is 8.19. The van der Waals surface area contributed by atoms with Gasteiger partial charge in [0, 0.05) is 24.0 Å². The summed E-state index contributed by atoms with van der Waals surface area (Å²) in [6, 6.07) is 16.7. The van der Waals surface area contributed by atoms with Gasteiger partial charge in [0.05, 0.1) is 9.88 Å². The number of aryl methyl sites for hydroxylation is 3. The number of benzene rings is 1. The van der Waals surface area contributed by atoms with Gasteiger partial charge in [0.1, 0.15) is 5.69 Å². The van der Waals surface area contributed by atoms with Crippen molar-refractivity contribution in [2.45, 2.75) is 58.4 Å². The summed E-state index contributed by atoms with van der Waals surface area (Å²) < 4.78 is 0. The van der Waals surface area contributed by atoms with Crippen molar-refractivity contribution in [3.05, 3.63) is 70.6 Å². The van der Waals surface area contributed by atoms with Gasteiger partial charge >= 0.3 is 0 Å². The predicted molar refractivity (Wildman–Crippen MR) is 125 cm³/mol. The van der Waals surface area contributed by atoms with Crippen molar-refractivity contribution in [1.29, 1.82) is 0 Å². The lowest BCUT2D eigenvalue weighted by molar-refractivity contribution is 0.0504. The Morgan fingerprint density at radius 3 is 2.61 bits per heavy atom. The Bertz CT molecular complexity index is 1090. The normalized spacial score (nSPS) is 19.5. The SMILES string of the molecule is Cc1cccc(CCC2CC3(CCN2C(=O)c2nc(C)sc2-c2ccccc2)CC3)n1. The number of hydrogen-bond donors (Lipinski definition) is 0. The highest BCUT2D eigenvalue weighted by Gasteiger charge is 2.49. The summed E-state index contributed by atoms with van der Waals surface area (Å²) in [6.45, 7) is 4.87. The molecule has 0 N–H and O–H groups in total. The molecule has 1 amide bonds. The molecule has 5 rings (SSSR count). The first-order valence-electron chi connectivity index (χ1n) is 11.3. The Morgan fingerprint density at radius 2 is 1.87 bits per heavy atom. The van der Waals surface area contributed by atoms with Crippen LogP contribution in [0.15, 0.2) is 48.5 Å². The Balaban J connectivity index is 1.40. The van der Waals surface area contributed by atoms with E-state index in [-0.39, 0.29) is 11.9 Å². The molecule has 1 saturated carbocycles.